The van der Waals surface area contributed by atoms with Gasteiger partial charge < -0.3 is 10.6 Å². The lowest BCUT2D eigenvalue weighted by atomic mass is 10.0. The second-order valence-electron chi connectivity index (χ2n) is 5.04. The Bertz CT molecular complexity index is 462. The molecule has 1 unspecified atom stereocenters. The van der Waals surface area contributed by atoms with Gasteiger partial charge in [0.15, 0.2) is 0 Å². The maximum Gasteiger partial charge on any atom is 0.257 e. The number of hydrogen-bond acceptors (Lipinski definition) is 3. The lowest BCUT2D eigenvalue weighted by molar-refractivity contribution is 0.0702. The number of anilines is 1. The summed E-state index contributed by atoms with van der Waals surface area (Å²) in [4.78, 5) is 17.9. The van der Waals surface area contributed by atoms with E-state index in [-0.39, 0.29) is 23.3 Å². The first-order valence-electron chi connectivity index (χ1n) is 6.22. The molecule has 0 aliphatic carbocycles. The Morgan fingerprint density at radius 1 is 1.61 bits per heavy atom. The lowest BCUT2D eigenvalue weighted by Gasteiger charge is -2.28. The maximum absolute atomic E-state index is 13.2. The van der Waals surface area contributed by atoms with E-state index < -0.39 is 5.82 Å². The van der Waals surface area contributed by atoms with Crippen molar-refractivity contribution < 1.29 is 9.18 Å². The number of carbonyl (C=O) groups excluding carboxylic acids is 1. The van der Waals surface area contributed by atoms with E-state index in [9.17, 15) is 9.18 Å². The normalized spacial score (nSPS) is 19.6. The quantitative estimate of drug-likeness (QED) is 0.875. The first-order valence-corrected chi connectivity index (χ1v) is 6.22. The molecule has 0 aromatic carbocycles. The van der Waals surface area contributed by atoms with Crippen LogP contribution in [0.4, 0.5) is 10.2 Å². The number of aromatic nitrogens is 1. The van der Waals surface area contributed by atoms with Crippen molar-refractivity contribution in [2.24, 2.45) is 5.92 Å². The molecule has 1 atom stereocenters. The summed E-state index contributed by atoms with van der Waals surface area (Å²) in [5, 5.41) is 0. The average molecular weight is 251 g/mol. The van der Waals surface area contributed by atoms with Crippen LogP contribution in [0, 0.1) is 11.7 Å². The third-order valence-electron chi connectivity index (χ3n) is 3.45. The first-order chi connectivity index (χ1) is 8.50. The third kappa shape index (κ3) is 2.30. The van der Waals surface area contributed by atoms with Crippen molar-refractivity contribution in [1.82, 2.24) is 9.88 Å². The summed E-state index contributed by atoms with van der Waals surface area (Å²) in [6, 6.07) is 1.38. The van der Waals surface area contributed by atoms with Crippen LogP contribution in [0.15, 0.2) is 12.3 Å². The summed E-state index contributed by atoms with van der Waals surface area (Å²) in [5.74, 6) is -0.265. The predicted octanol–water partition coefficient (Wildman–Crippen LogP) is 2.06. The zero-order valence-electron chi connectivity index (χ0n) is 10.7. The van der Waals surface area contributed by atoms with Crippen molar-refractivity contribution in [3.63, 3.8) is 0 Å². The van der Waals surface area contributed by atoms with Crippen molar-refractivity contribution in [2.45, 2.75) is 32.7 Å². The second kappa shape index (κ2) is 4.92. The molecule has 98 valence electrons. The number of rotatable bonds is 2. The topological polar surface area (TPSA) is 59.2 Å². The molecule has 2 rings (SSSR count). The molecule has 1 aliphatic heterocycles. The molecule has 0 saturated carbocycles. The molecule has 0 spiro atoms. The minimum atomic E-state index is -0.534. The summed E-state index contributed by atoms with van der Waals surface area (Å²) < 4.78 is 13.2. The fourth-order valence-corrected chi connectivity index (χ4v) is 2.51. The van der Waals surface area contributed by atoms with E-state index in [0.29, 0.717) is 12.5 Å². The van der Waals surface area contributed by atoms with Gasteiger partial charge in [0.1, 0.15) is 11.6 Å². The monoisotopic (exact) mass is 251 g/mol. The Balaban J connectivity index is 2.28. The van der Waals surface area contributed by atoms with Crippen LogP contribution in [0.2, 0.25) is 0 Å². The van der Waals surface area contributed by atoms with E-state index in [2.05, 4.69) is 18.8 Å². The number of pyridine rings is 1. The highest BCUT2D eigenvalue weighted by Gasteiger charge is 2.32. The zero-order chi connectivity index (χ0) is 13.3. The van der Waals surface area contributed by atoms with Crippen LogP contribution in [-0.4, -0.2) is 28.4 Å². The highest BCUT2D eigenvalue weighted by molar-refractivity contribution is 5.98. The van der Waals surface area contributed by atoms with Gasteiger partial charge in [0, 0.05) is 12.6 Å². The Morgan fingerprint density at radius 2 is 2.33 bits per heavy atom. The Labute approximate surface area is 106 Å². The van der Waals surface area contributed by atoms with E-state index in [4.69, 9.17) is 5.73 Å². The van der Waals surface area contributed by atoms with Gasteiger partial charge in [0.05, 0.1) is 11.8 Å². The fourth-order valence-electron chi connectivity index (χ4n) is 2.51. The molecular weight excluding hydrogens is 233 g/mol. The maximum atomic E-state index is 13.2. The van der Waals surface area contributed by atoms with Gasteiger partial charge in [-0.1, -0.05) is 13.8 Å². The van der Waals surface area contributed by atoms with Gasteiger partial charge in [0.25, 0.3) is 5.91 Å². The molecule has 4 nitrogen and oxygen atoms in total. The minimum Gasteiger partial charge on any atom is -0.383 e. The number of amides is 1. The van der Waals surface area contributed by atoms with Gasteiger partial charge in [0.2, 0.25) is 0 Å². The molecule has 2 N–H and O–H groups in total. The highest BCUT2D eigenvalue weighted by atomic mass is 19.1. The summed E-state index contributed by atoms with van der Waals surface area (Å²) in [5.41, 5.74) is 5.82. The average Bonchev–Trinajstić information content (AvgIpc) is 2.80. The molecule has 1 aromatic rings. The van der Waals surface area contributed by atoms with Crippen molar-refractivity contribution in [2.75, 3.05) is 12.3 Å². The summed E-state index contributed by atoms with van der Waals surface area (Å²) in [6.07, 6.45) is 3.00. The summed E-state index contributed by atoms with van der Waals surface area (Å²) in [7, 11) is 0. The molecule has 0 bridgehead atoms. The van der Waals surface area contributed by atoms with E-state index in [1.54, 1.807) is 4.90 Å². The fraction of sp³-hybridized carbons (Fsp3) is 0.538. The van der Waals surface area contributed by atoms with E-state index in [0.717, 1.165) is 19.0 Å². The minimum absolute atomic E-state index is 0.0933. The zero-order valence-corrected chi connectivity index (χ0v) is 10.7. The molecule has 1 fully saturated rings. The first kappa shape index (κ1) is 12.8. The standard InChI is InChI=1S/C13H18FN3O/c1-8(2)11-4-3-5-17(11)13(18)10-6-9(14)7-16-12(10)15/h6-8,11H,3-5H2,1-2H3,(H2,15,16). The summed E-state index contributed by atoms with van der Waals surface area (Å²) >= 11 is 0. The molecule has 18 heavy (non-hydrogen) atoms. The van der Waals surface area contributed by atoms with Crippen LogP contribution in [0.5, 0.6) is 0 Å². The van der Waals surface area contributed by atoms with Crippen LogP contribution in [0.3, 0.4) is 0 Å². The second-order valence-corrected chi connectivity index (χ2v) is 5.04. The van der Waals surface area contributed by atoms with Gasteiger partial charge in [-0.25, -0.2) is 9.37 Å². The molecular formula is C13H18FN3O. The van der Waals surface area contributed by atoms with Crippen molar-refractivity contribution in [3.8, 4) is 0 Å². The number of likely N-dealkylation sites (tertiary alicyclic amines) is 1. The number of nitrogens with zero attached hydrogens (tertiary/aromatic N) is 2. The number of carbonyl (C=O) groups is 1. The van der Waals surface area contributed by atoms with Crippen LogP contribution in [-0.2, 0) is 0 Å². The smallest absolute Gasteiger partial charge is 0.257 e. The van der Waals surface area contributed by atoms with Crippen LogP contribution in [0.1, 0.15) is 37.0 Å². The van der Waals surface area contributed by atoms with Crippen LogP contribution in [0.25, 0.3) is 0 Å². The van der Waals surface area contributed by atoms with Crippen LogP contribution >= 0.6 is 0 Å². The summed E-state index contributed by atoms with van der Waals surface area (Å²) in [6.45, 7) is 4.88. The highest BCUT2D eigenvalue weighted by Crippen LogP contribution is 2.26. The van der Waals surface area contributed by atoms with Gasteiger partial charge in [-0.2, -0.15) is 0 Å². The molecule has 1 aliphatic rings. The van der Waals surface area contributed by atoms with Crippen molar-refractivity contribution >= 4 is 11.7 Å². The van der Waals surface area contributed by atoms with E-state index >= 15 is 0 Å². The van der Waals surface area contributed by atoms with Crippen molar-refractivity contribution in [1.29, 1.82) is 0 Å². The Kier molecular flexibility index (Phi) is 3.50. The largest absolute Gasteiger partial charge is 0.383 e. The van der Waals surface area contributed by atoms with Gasteiger partial charge in [-0.15, -0.1) is 0 Å². The van der Waals surface area contributed by atoms with Crippen molar-refractivity contribution in [3.05, 3.63) is 23.6 Å². The van der Waals surface area contributed by atoms with Gasteiger partial charge >= 0.3 is 0 Å². The Morgan fingerprint density at radius 3 is 3.00 bits per heavy atom. The van der Waals surface area contributed by atoms with E-state index in [1.807, 2.05) is 0 Å². The number of hydrogen-bond donors (Lipinski definition) is 1. The van der Waals surface area contributed by atoms with Crippen LogP contribution < -0.4 is 5.73 Å². The number of nitrogens with two attached hydrogens (primary N) is 1. The third-order valence-corrected chi connectivity index (χ3v) is 3.45. The SMILES string of the molecule is CC(C)C1CCCN1C(=O)c1cc(F)cnc1N. The van der Waals surface area contributed by atoms with Gasteiger partial charge in [-0.05, 0) is 24.8 Å². The lowest BCUT2D eigenvalue weighted by Crippen LogP contribution is -2.39. The molecule has 1 aromatic heterocycles. The van der Waals surface area contributed by atoms with Gasteiger partial charge in [-0.3, -0.25) is 4.79 Å². The molecule has 5 heteroatoms. The molecule has 0 radical (unpaired) electrons. The predicted molar refractivity (Wildman–Crippen MR) is 67.5 cm³/mol. The van der Waals surface area contributed by atoms with E-state index in [1.165, 1.54) is 6.07 Å². The Hall–Kier alpha value is -1.65. The molecule has 1 amide bonds. The molecule has 1 saturated heterocycles. The number of halogens is 1. The molecule has 2 heterocycles. The number of nitrogen functional groups attached to an aromatic ring is 1.